The van der Waals surface area contributed by atoms with Gasteiger partial charge in [0.1, 0.15) is 11.5 Å². The Morgan fingerprint density at radius 2 is 1.56 bits per heavy atom. The SMILES string of the molecule is COc1ccc(/C=C/C(C#Cc2ccccc2)=N/Nc2ccccc2)cc1. The highest BCUT2D eigenvalue weighted by molar-refractivity contribution is 6.11. The van der Waals surface area contributed by atoms with Crippen LogP contribution in [0, 0.1) is 11.8 Å². The zero-order valence-corrected chi connectivity index (χ0v) is 15.1. The van der Waals surface area contributed by atoms with E-state index in [1.807, 2.05) is 97.1 Å². The largest absolute Gasteiger partial charge is 0.497 e. The maximum Gasteiger partial charge on any atom is 0.133 e. The molecule has 0 aliphatic heterocycles. The number of rotatable bonds is 5. The second-order valence-electron chi connectivity index (χ2n) is 5.70. The molecule has 0 amide bonds. The quantitative estimate of drug-likeness (QED) is 0.388. The van der Waals surface area contributed by atoms with Crippen molar-refractivity contribution < 1.29 is 4.74 Å². The number of hydrogen-bond donors (Lipinski definition) is 1. The van der Waals surface area contributed by atoms with Crippen molar-refractivity contribution in [3.63, 3.8) is 0 Å². The summed E-state index contributed by atoms with van der Waals surface area (Å²) in [7, 11) is 1.66. The lowest BCUT2D eigenvalue weighted by Gasteiger charge is -2.00. The molecule has 0 atom stereocenters. The third kappa shape index (κ3) is 5.91. The third-order valence-electron chi connectivity index (χ3n) is 3.74. The Morgan fingerprint density at radius 1 is 0.889 bits per heavy atom. The molecule has 0 aromatic heterocycles. The molecule has 0 heterocycles. The Morgan fingerprint density at radius 3 is 2.22 bits per heavy atom. The predicted molar refractivity (Wildman–Crippen MR) is 113 cm³/mol. The lowest BCUT2D eigenvalue weighted by atomic mass is 10.1. The first kappa shape index (κ1) is 18.0. The van der Waals surface area contributed by atoms with Crippen LogP contribution >= 0.6 is 0 Å². The summed E-state index contributed by atoms with van der Waals surface area (Å²) in [5, 5.41) is 4.44. The van der Waals surface area contributed by atoms with Gasteiger partial charge in [-0.3, -0.25) is 5.43 Å². The van der Waals surface area contributed by atoms with E-state index in [0.717, 1.165) is 22.6 Å². The van der Waals surface area contributed by atoms with Gasteiger partial charge < -0.3 is 4.74 Å². The molecular formula is C24H20N2O. The van der Waals surface area contributed by atoms with E-state index < -0.39 is 0 Å². The van der Waals surface area contributed by atoms with Crippen LogP contribution in [0.4, 0.5) is 5.69 Å². The predicted octanol–water partition coefficient (Wildman–Crippen LogP) is 5.23. The molecular weight excluding hydrogens is 332 g/mol. The zero-order valence-electron chi connectivity index (χ0n) is 15.1. The first-order chi connectivity index (χ1) is 13.3. The number of allylic oxidation sites excluding steroid dienone is 1. The van der Waals surface area contributed by atoms with E-state index in [0.29, 0.717) is 5.71 Å². The van der Waals surface area contributed by atoms with Crippen molar-refractivity contribution in [3.05, 3.63) is 102 Å². The molecule has 0 unspecified atom stereocenters. The van der Waals surface area contributed by atoms with Crippen LogP contribution in [-0.4, -0.2) is 12.8 Å². The van der Waals surface area contributed by atoms with E-state index in [2.05, 4.69) is 22.4 Å². The van der Waals surface area contributed by atoms with Crippen LogP contribution in [0.5, 0.6) is 5.75 Å². The molecule has 1 N–H and O–H groups in total. The number of methoxy groups -OCH3 is 1. The van der Waals surface area contributed by atoms with Crippen LogP contribution in [0.25, 0.3) is 6.08 Å². The lowest BCUT2D eigenvalue weighted by molar-refractivity contribution is 0.415. The van der Waals surface area contributed by atoms with Gasteiger partial charge in [0.05, 0.1) is 12.8 Å². The van der Waals surface area contributed by atoms with Crippen molar-refractivity contribution in [2.45, 2.75) is 0 Å². The number of para-hydroxylation sites is 1. The summed E-state index contributed by atoms with van der Waals surface area (Å²) in [4.78, 5) is 0. The number of hydrogen-bond acceptors (Lipinski definition) is 3. The zero-order chi connectivity index (χ0) is 18.7. The van der Waals surface area contributed by atoms with Crippen LogP contribution in [0.2, 0.25) is 0 Å². The Labute approximate surface area is 160 Å². The fourth-order valence-corrected chi connectivity index (χ4v) is 2.29. The molecule has 0 fully saturated rings. The van der Waals surface area contributed by atoms with E-state index in [4.69, 9.17) is 4.74 Å². The topological polar surface area (TPSA) is 33.6 Å². The van der Waals surface area contributed by atoms with Gasteiger partial charge in [-0.05, 0) is 54.0 Å². The summed E-state index contributed by atoms with van der Waals surface area (Å²) in [5.74, 6) is 7.10. The molecule has 0 bridgehead atoms. The number of anilines is 1. The second kappa shape index (κ2) is 9.65. The van der Waals surface area contributed by atoms with Crippen LogP contribution in [0.1, 0.15) is 11.1 Å². The van der Waals surface area contributed by atoms with Gasteiger partial charge in [-0.1, -0.05) is 60.5 Å². The van der Waals surface area contributed by atoms with E-state index in [1.54, 1.807) is 7.11 Å². The minimum absolute atomic E-state index is 0.638. The number of nitrogens with zero attached hydrogens (tertiary/aromatic N) is 1. The molecule has 0 spiro atoms. The molecule has 132 valence electrons. The van der Waals surface area contributed by atoms with Gasteiger partial charge in [0.25, 0.3) is 0 Å². The molecule has 3 aromatic rings. The van der Waals surface area contributed by atoms with Crippen molar-refractivity contribution >= 4 is 17.5 Å². The van der Waals surface area contributed by atoms with Gasteiger partial charge in [0.15, 0.2) is 0 Å². The molecule has 3 nitrogen and oxygen atoms in total. The summed E-state index contributed by atoms with van der Waals surface area (Å²) in [6.45, 7) is 0. The van der Waals surface area contributed by atoms with Gasteiger partial charge >= 0.3 is 0 Å². The lowest BCUT2D eigenvalue weighted by Crippen LogP contribution is -1.96. The van der Waals surface area contributed by atoms with E-state index in [-0.39, 0.29) is 0 Å². The van der Waals surface area contributed by atoms with E-state index in [9.17, 15) is 0 Å². The van der Waals surface area contributed by atoms with Crippen molar-refractivity contribution in [1.82, 2.24) is 0 Å². The smallest absolute Gasteiger partial charge is 0.133 e. The highest BCUT2D eigenvalue weighted by Crippen LogP contribution is 2.12. The maximum atomic E-state index is 5.19. The summed E-state index contributed by atoms with van der Waals surface area (Å²) in [6, 6.07) is 27.5. The summed E-state index contributed by atoms with van der Waals surface area (Å²) < 4.78 is 5.19. The maximum absolute atomic E-state index is 5.19. The molecule has 3 heteroatoms. The van der Waals surface area contributed by atoms with Crippen molar-refractivity contribution in [2.75, 3.05) is 12.5 Å². The van der Waals surface area contributed by atoms with Gasteiger partial charge in [0, 0.05) is 5.56 Å². The first-order valence-electron chi connectivity index (χ1n) is 8.61. The normalized spacial score (nSPS) is 10.9. The third-order valence-corrected chi connectivity index (χ3v) is 3.74. The second-order valence-corrected chi connectivity index (χ2v) is 5.70. The number of hydrazone groups is 1. The van der Waals surface area contributed by atoms with Gasteiger partial charge in [0.2, 0.25) is 0 Å². The van der Waals surface area contributed by atoms with Gasteiger partial charge in [-0.25, -0.2) is 0 Å². The average Bonchev–Trinajstić information content (AvgIpc) is 2.75. The monoisotopic (exact) mass is 352 g/mol. The first-order valence-corrected chi connectivity index (χ1v) is 8.61. The summed E-state index contributed by atoms with van der Waals surface area (Å²) in [5.41, 5.74) is 6.59. The van der Waals surface area contributed by atoms with Crippen LogP contribution < -0.4 is 10.2 Å². The molecule has 3 rings (SSSR count). The van der Waals surface area contributed by atoms with Gasteiger partial charge in [-0.2, -0.15) is 5.10 Å². The van der Waals surface area contributed by atoms with Crippen molar-refractivity contribution in [2.24, 2.45) is 5.10 Å². The fraction of sp³-hybridized carbons (Fsp3) is 0.0417. The fourth-order valence-electron chi connectivity index (χ4n) is 2.29. The number of nitrogens with one attached hydrogen (secondary N) is 1. The number of ether oxygens (including phenoxy) is 1. The molecule has 0 radical (unpaired) electrons. The molecule has 0 aliphatic rings. The molecule has 0 saturated carbocycles. The Kier molecular flexibility index (Phi) is 6.44. The van der Waals surface area contributed by atoms with E-state index in [1.165, 1.54) is 0 Å². The summed E-state index contributed by atoms with van der Waals surface area (Å²) in [6.07, 6.45) is 3.87. The molecule has 0 saturated heterocycles. The standard InChI is InChI=1S/C24H20N2O/c1-27-24-18-14-21(15-19-24)13-17-23(16-12-20-8-4-2-5-9-20)26-25-22-10-6-3-7-11-22/h2-11,13-15,17-19,25H,1H3/b17-13+,26-23+. The Hall–Kier alpha value is -3.77. The van der Waals surface area contributed by atoms with E-state index >= 15 is 0 Å². The van der Waals surface area contributed by atoms with Crippen LogP contribution in [0.15, 0.2) is 96.1 Å². The van der Waals surface area contributed by atoms with Gasteiger partial charge in [-0.15, -0.1) is 0 Å². The minimum Gasteiger partial charge on any atom is -0.497 e. The molecule has 27 heavy (non-hydrogen) atoms. The Bertz CT molecular complexity index is 964. The van der Waals surface area contributed by atoms with Crippen molar-refractivity contribution in [1.29, 1.82) is 0 Å². The molecule has 3 aromatic carbocycles. The highest BCUT2D eigenvalue weighted by atomic mass is 16.5. The van der Waals surface area contributed by atoms with Crippen LogP contribution in [-0.2, 0) is 0 Å². The van der Waals surface area contributed by atoms with Crippen molar-refractivity contribution in [3.8, 4) is 17.6 Å². The summed E-state index contributed by atoms with van der Waals surface area (Å²) >= 11 is 0. The average molecular weight is 352 g/mol. The van der Waals surface area contributed by atoms with Crippen LogP contribution in [0.3, 0.4) is 0 Å². The highest BCUT2D eigenvalue weighted by Gasteiger charge is 1.94. The molecule has 0 aliphatic carbocycles. The number of benzene rings is 3. The Balaban J connectivity index is 1.82. The minimum atomic E-state index is 0.638.